The van der Waals surface area contributed by atoms with Gasteiger partial charge in [0.15, 0.2) is 0 Å². The van der Waals surface area contributed by atoms with Crippen LogP contribution in [0.3, 0.4) is 0 Å². The third-order valence-electron chi connectivity index (χ3n) is 7.50. The van der Waals surface area contributed by atoms with Gasteiger partial charge in [0, 0.05) is 23.7 Å². The van der Waals surface area contributed by atoms with Crippen LogP contribution in [-0.2, 0) is 0 Å². The van der Waals surface area contributed by atoms with Crippen molar-refractivity contribution in [2.75, 3.05) is 27.2 Å². The van der Waals surface area contributed by atoms with Gasteiger partial charge in [0.1, 0.15) is 11.4 Å². The molecular weight excluding hydrogens is 601 g/mol. The van der Waals surface area contributed by atoms with Gasteiger partial charge in [-0.3, -0.25) is 4.79 Å². The lowest BCUT2D eigenvalue weighted by molar-refractivity contribution is 0.0922. The minimum Gasteiger partial charge on any atom is -0.492 e. The molecule has 0 atom stereocenters. The second-order valence-corrected chi connectivity index (χ2v) is 12.0. The normalized spacial score (nSPS) is 13.1. The monoisotopic (exact) mass is 645 g/mol. The smallest absolute Gasteiger partial charge is 0.492 e. The van der Waals surface area contributed by atoms with E-state index in [0.717, 1.165) is 66.6 Å². The lowest BCUT2D eigenvalue weighted by Gasteiger charge is -2.23. The van der Waals surface area contributed by atoms with Gasteiger partial charge >= 0.3 is 6.16 Å². The van der Waals surface area contributed by atoms with Crippen LogP contribution in [0.2, 0.25) is 5.02 Å². The zero-order valence-corrected chi connectivity index (χ0v) is 27.8. The Hall–Kier alpha value is -3.33. The Labute approximate surface area is 272 Å². The summed E-state index contributed by atoms with van der Waals surface area (Å²) < 4.78 is 6.08. The maximum Gasteiger partial charge on any atom is 0.503 e. The van der Waals surface area contributed by atoms with E-state index in [0.29, 0.717) is 29.0 Å². The van der Waals surface area contributed by atoms with Crippen LogP contribution in [0.4, 0.5) is 4.79 Å². The molecule has 1 saturated carbocycles. The molecule has 10 heteroatoms. The second kappa shape index (κ2) is 17.8. The molecule has 0 saturated heterocycles. The SMILES string of the molecule is Cc1ccc(C(C)C)cc1-c1ccc(C(=O)NC2CCCCC2)nc1-c1ccc(Cl)c(OCCCN(C)C)c1.Cl.O=C(O)O. The second-order valence-electron chi connectivity index (χ2n) is 11.6. The number of nitrogens with one attached hydrogen (secondary N) is 1. The summed E-state index contributed by atoms with van der Waals surface area (Å²) in [6.07, 6.45) is 4.70. The van der Waals surface area contributed by atoms with Gasteiger partial charge < -0.3 is 25.2 Å². The lowest BCUT2D eigenvalue weighted by atomic mass is 9.91. The fourth-order valence-electron chi connectivity index (χ4n) is 5.14. The lowest BCUT2D eigenvalue weighted by Crippen LogP contribution is -2.36. The van der Waals surface area contributed by atoms with Crippen molar-refractivity contribution in [3.63, 3.8) is 0 Å². The highest BCUT2D eigenvalue weighted by atomic mass is 35.5. The van der Waals surface area contributed by atoms with Crippen molar-refractivity contribution in [3.05, 3.63) is 70.4 Å². The van der Waals surface area contributed by atoms with E-state index in [-0.39, 0.29) is 24.4 Å². The van der Waals surface area contributed by atoms with E-state index in [2.05, 4.69) is 63.3 Å². The molecule has 1 amide bonds. The number of nitrogens with zero attached hydrogens (tertiary/aromatic N) is 2. The first-order valence-corrected chi connectivity index (χ1v) is 15.3. The molecule has 8 nitrogen and oxygen atoms in total. The molecular formula is C34H45Cl2N3O5. The van der Waals surface area contributed by atoms with Crippen LogP contribution in [-0.4, -0.2) is 65.4 Å². The Morgan fingerprint density at radius 2 is 1.70 bits per heavy atom. The fraction of sp³-hybridized carbons (Fsp3) is 0.441. The molecule has 2 aromatic carbocycles. The van der Waals surface area contributed by atoms with Gasteiger partial charge in [0.05, 0.1) is 17.3 Å². The van der Waals surface area contributed by atoms with Gasteiger partial charge in [0.25, 0.3) is 5.91 Å². The Kier molecular flexibility index (Phi) is 14.9. The van der Waals surface area contributed by atoms with Crippen molar-refractivity contribution in [2.24, 2.45) is 0 Å². The Bertz CT molecular complexity index is 1390. The number of hydrogen-bond donors (Lipinski definition) is 3. The molecule has 1 aromatic heterocycles. The molecule has 0 bridgehead atoms. The number of pyridine rings is 1. The van der Waals surface area contributed by atoms with Crippen LogP contribution in [0.1, 0.15) is 79.9 Å². The predicted molar refractivity (Wildman–Crippen MR) is 180 cm³/mol. The molecule has 1 aliphatic carbocycles. The third-order valence-corrected chi connectivity index (χ3v) is 7.81. The van der Waals surface area contributed by atoms with Gasteiger partial charge in [-0.05, 0) is 87.2 Å². The number of amides is 1. The van der Waals surface area contributed by atoms with Gasteiger partial charge in [-0.2, -0.15) is 0 Å². The fourth-order valence-corrected chi connectivity index (χ4v) is 5.31. The van der Waals surface area contributed by atoms with E-state index < -0.39 is 6.16 Å². The number of benzene rings is 2. The first-order valence-electron chi connectivity index (χ1n) is 14.9. The van der Waals surface area contributed by atoms with Gasteiger partial charge in [0.2, 0.25) is 0 Å². The molecule has 240 valence electrons. The molecule has 0 radical (unpaired) electrons. The van der Waals surface area contributed by atoms with E-state index in [1.165, 1.54) is 12.0 Å². The van der Waals surface area contributed by atoms with Crippen LogP contribution >= 0.6 is 24.0 Å². The van der Waals surface area contributed by atoms with Crippen LogP contribution in [0.5, 0.6) is 5.75 Å². The molecule has 1 aliphatic rings. The van der Waals surface area contributed by atoms with Crippen molar-refractivity contribution < 1.29 is 24.5 Å². The average molecular weight is 647 g/mol. The maximum atomic E-state index is 13.3. The highest BCUT2D eigenvalue weighted by molar-refractivity contribution is 6.32. The molecule has 3 aromatic rings. The largest absolute Gasteiger partial charge is 0.503 e. The number of hydrogen-bond acceptors (Lipinski definition) is 5. The van der Waals surface area contributed by atoms with Crippen molar-refractivity contribution >= 4 is 36.1 Å². The average Bonchev–Trinajstić information content (AvgIpc) is 2.96. The van der Waals surface area contributed by atoms with Gasteiger partial charge in [-0.15, -0.1) is 12.4 Å². The summed E-state index contributed by atoms with van der Waals surface area (Å²) in [5.74, 6) is 0.917. The number of halogens is 2. The summed E-state index contributed by atoms with van der Waals surface area (Å²) in [6, 6.07) is 16.5. The number of rotatable bonds is 10. The molecule has 0 aliphatic heterocycles. The van der Waals surface area contributed by atoms with Crippen molar-refractivity contribution in [1.29, 1.82) is 0 Å². The third kappa shape index (κ3) is 11.0. The molecule has 44 heavy (non-hydrogen) atoms. The summed E-state index contributed by atoms with van der Waals surface area (Å²) >= 11 is 6.53. The Morgan fingerprint density at radius 3 is 2.34 bits per heavy atom. The zero-order chi connectivity index (χ0) is 31.5. The summed E-state index contributed by atoms with van der Waals surface area (Å²) in [5.41, 5.74) is 6.60. The maximum absolute atomic E-state index is 13.3. The van der Waals surface area contributed by atoms with Crippen molar-refractivity contribution in [1.82, 2.24) is 15.2 Å². The van der Waals surface area contributed by atoms with Gasteiger partial charge in [-0.25, -0.2) is 9.78 Å². The van der Waals surface area contributed by atoms with Crippen molar-refractivity contribution in [2.45, 2.75) is 71.3 Å². The minimum atomic E-state index is -1.83. The van der Waals surface area contributed by atoms with Crippen molar-refractivity contribution in [3.8, 4) is 28.1 Å². The van der Waals surface area contributed by atoms with Crippen LogP contribution in [0, 0.1) is 6.92 Å². The molecule has 4 rings (SSSR count). The molecule has 0 unspecified atom stereocenters. The summed E-state index contributed by atoms with van der Waals surface area (Å²) in [4.78, 5) is 28.9. The number of carbonyl (C=O) groups is 2. The van der Waals surface area contributed by atoms with Crippen LogP contribution in [0.15, 0.2) is 48.5 Å². The Morgan fingerprint density at radius 1 is 1.02 bits per heavy atom. The summed E-state index contributed by atoms with van der Waals surface area (Å²) in [7, 11) is 4.10. The molecule has 3 N–H and O–H groups in total. The first-order chi connectivity index (χ1) is 20.5. The quantitative estimate of drug-likeness (QED) is 0.189. The zero-order valence-electron chi connectivity index (χ0n) is 26.2. The number of aromatic nitrogens is 1. The number of aryl methyl sites for hydroxylation is 1. The highest BCUT2D eigenvalue weighted by Gasteiger charge is 2.21. The van der Waals surface area contributed by atoms with E-state index in [4.69, 9.17) is 36.3 Å². The summed E-state index contributed by atoms with van der Waals surface area (Å²) in [6.45, 7) is 8.03. The summed E-state index contributed by atoms with van der Waals surface area (Å²) in [5, 5.41) is 17.7. The molecule has 0 spiro atoms. The first kappa shape index (κ1) is 36.9. The predicted octanol–water partition coefficient (Wildman–Crippen LogP) is 8.54. The number of carbonyl (C=O) groups excluding carboxylic acids is 1. The molecule has 1 heterocycles. The van der Waals surface area contributed by atoms with E-state index in [9.17, 15) is 4.79 Å². The van der Waals surface area contributed by atoms with E-state index in [1.807, 2.05) is 30.3 Å². The van der Waals surface area contributed by atoms with E-state index >= 15 is 0 Å². The number of carboxylic acid groups (broad SMARTS) is 2. The minimum absolute atomic E-state index is 0. The number of ether oxygens (including phenoxy) is 1. The van der Waals surface area contributed by atoms with E-state index in [1.54, 1.807) is 0 Å². The van der Waals surface area contributed by atoms with Crippen LogP contribution < -0.4 is 10.1 Å². The standard InChI is InChI=1S/C33H42ClN3O2.CH2O3.ClH/c1-22(2)24-13-12-23(3)28(20-24)27-15-17-30(33(38)35-26-10-7-6-8-11-26)36-32(27)25-14-16-29(34)31(21-25)39-19-9-18-37(4)5;2-1(3)4;/h12-17,20-22,26H,6-11,18-19H2,1-5H3,(H,35,38);(H2,2,3,4);1H. The van der Waals surface area contributed by atoms with Crippen LogP contribution in [0.25, 0.3) is 22.4 Å². The highest BCUT2D eigenvalue weighted by Crippen LogP contribution is 2.37. The molecule has 1 fully saturated rings. The van der Waals surface area contributed by atoms with Gasteiger partial charge in [-0.1, -0.05) is 69.0 Å². The topological polar surface area (TPSA) is 112 Å². The Balaban J connectivity index is 0.00000127.